The molecule has 0 aliphatic carbocycles. The van der Waals surface area contributed by atoms with Crippen molar-refractivity contribution in [2.75, 3.05) is 0 Å². The van der Waals surface area contributed by atoms with Crippen LogP contribution in [0.2, 0.25) is 0 Å². The van der Waals surface area contributed by atoms with Gasteiger partial charge >= 0.3 is 12.3 Å². The molecule has 2 N–H and O–H groups in total. The van der Waals surface area contributed by atoms with Crippen molar-refractivity contribution < 1.29 is 36.6 Å². The Hall–Kier alpha value is -2.13. The summed E-state index contributed by atoms with van der Waals surface area (Å²) < 4.78 is 64.2. The first-order chi connectivity index (χ1) is 8.61. The summed E-state index contributed by atoms with van der Waals surface area (Å²) in [5.41, 5.74) is -3.54. The summed E-state index contributed by atoms with van der Waals surface area (Å²) >= 11 is 0. The Morgan fingerprint density at radius 2 is 2.00 bits per heavy atom. The third-order valence-electron chi connectivity index (χ3n) is 1.92. The molecule has 0 aliphatic heterocycles. The van der Waals surface area contributed by atoms with Gasteiger partial charge in [-0.05, 0) is 0 Å². The predicted molar refractivity (Wildman–Crippen MR) is 50.0 cm³/mol. The smallest absolute Gasteiger partial charge is 0.481 e. The van der Waals surface area contributed by atoms with E-state index >= 15 is 0 Å². The van der Waals surface area contributed by atoms with Gasteiger partial charge in [-0.2, -0.15) is 0 Å². The Balaban J connectivity index is 3.36. The summed E-state index contributed by atoms with van der Waals surface area (Å²) in [5, 5.41) is 8.43. The van der Waals surface area contributed by atoms with Gasteiger partial charge in [0.25, 0.3) is 6.43 Å². The van der Waals surface area contributed by atoms with E-state index in [0.29, 0.717) is 6.20 Å². The van der Waals surface area contributed by atoms with Crippen LogP contribution in [0.1, 0.15) is 17.7 Å². The number of alkyl halides is 5. The molecule has 0 atom stereocenters. The van der Waals surface area contributed by atoms with E-state index in [1.807, 2.05) is 0 Å². The van der Waals surface area contributed by atoms with Gasteiger partial charge in [-0.3, -0.25) is 9.59 Å². The first-order valence-corrected chi connectivity index (χ1v) is 4.62. The molecule has 10 heteroatoms. The molecule has 0 bridgehead atoms. The Kier molecular flexibility index (Phi) is 4.12. The molecule has 0 radical (unpaired) electrons. The minimum atomic E-state index is -5.35. The fourth-order valence-corrected chi connectivity index (χ4v) is 1.24. The zero-order valence-corrected chi connectivity index (χ0v) is 8.92. The lowest BCUT2D eigenvalue weighted by Gasteiger charge is -2.13. The van der Waals surface area contributed by atoms with Gasteiger partial charge in [0.2, 0.25) is 11.2 Å². The van der Waals surface area contributed by atoms with Crippen LogP contribution in [0.25, 0.3) is 0 Å². The molecule has 0 amide bonds. The number of aliphatic carboxylic acids is 1. The van der Waals surface area contributed by atoms with E-state index in [4.69, 9.17) is 5.11 Å². The van der Waals surface area contributed by atoms with E-state index in [1.54, 1.807) is 4.98 Å². The van der Waals surface area contributed by atoms with Crippen molar-refractivity contribution >= 4 is 5.97 Å². The van der Waals surface area contributed by atoms with E-state index in [0.717, 1.165) is 0 Å². The summed E-state index contributed by atoms with van der Waals surface area (Å²) in [7, 11) is 0. The number of carboxylic acid groups (broad SMARTS) is 1. The summed E-state index contributed by atoms with van der Waals surface area (Å²) in [6.45, 7) is 0. The SMILES string of the molecule is O=C(O)Cc1c[nH]c(C(F)F)c(OC(F)(F)F)c1=O. The number of aromatic nitrogens is 1. The van der Waals surface area contributed by atoms with Gasteiger partial charge in [0.1, 0.15) is 5.69 Å². The fraction of sp³-hybridized carbons (Fsp3) is 0.333. The highest BCUT2D eigenvalue weighted by molar-refractivity contribution is 5.70. The zero-order valence-electron chi connectivity index (χ0n) is 8.92. The van der Waals surface area contributed by atoms with E-state index < -0.39 is 47.6 Å². The lowest BCUT2D eigenvalue weighted by atomic mass is 10.1. The summed E-state index contributed by atoms with van der Waals surface area (Å²) in [6.07, 6.45) is -9.07. The minimum Gasteiger partial charge on any atom is -0.481 e. The van der Waals surface area contributed by atoms with E-state index in [9.17, 15) is 31.5 Å². The quantitative estimate of drug-likeness (QED) is 0.828. The predicted octanol–water partition coefficient (Wildman–Crippen LogP) is 1.84. The van der Waals surface area contributed by atoms with Crippen molar-refractivity contribution in [3.63, 3.8) is 0 Å². The number of hydrogen-bond acceptors (Lipinski definition) is 3. The third-order valence-corrected chi connectivity index (χ3v) is 1.92. The summed E-state index contributed by atoms with van der Waals surface area (Å²) in [5.74, 6) is -3.16. The van der Waals surface area contributed by atoms with Gasteiger partial charge in [0, 0.05) is 11.8 Å². The molecule has 0 aliphatic rings. The second-order valence-electron chi connectivity index (χ2n) is 3.30. The number of carboxylic acids is 1. The molecule has 5 nitrogen and oxygen atoms in total. The van der Waals surface area contributed by atoms with Crippen LogP contribution in [0, 0.1) is 0 Å². The highest BCUT2D eigenvalue weighted by Gasteiger charge is 2.35. The molecular weight excluding hydrogens is 281 g/mol. The zero-order chi connectivity index (χ0) is 14.8. The second kappa shape index (κ2) is 5.24. The van der Waals surface area contributed by atoms with Gasteiger partial charge in [0.05, 0.1) is 6.42 Å². The van der Waals surface area contributed by atoms with Crippen LogP contribution in [0.4, 0.5) is 22.0 Å². The van der Waals surface area contributed by atoms with Crippen LogP contribution in [0.3, 0.4) is 0 Å². The highest BCUT2D eigenvalue weighted by atomic mass is 19.4. The Morgan fingerprint density at radius 1 is 1.42 bits per heavy atom. The minimum absolute atomic E-state index is 0.612. The molecule has 0 aromatic carbocycles. The molecular formula is C9H6F5NO4. The molecule has 1 aromatic heterocycles. The second-order valence-corrected chi connectivity index (χ2v) is 3.30. The normalized spacial score (nSPS) is 11.7. The van der Waals surface area contributed by atoms with Crippen LogP contribution in [-0.4, -0.2) is 22.4 Å². The van der Waals surface area contributed by atoms with Crippen molar-refractivity contribution in [2.45, 2.75) is 19.2 Å². The van der Waals surface area contributed by atoms with Gasteiger partial charge in [-0.25, -0.2) is 8.78 Å². The number of rotatable bonds is 4. The number of ether oxygens (including phenoxy) is 1. The average Bonchev–Trinajstić information content (AvgIpc) is 2.21. The van der Waals surface area contributed by atoms with Crippen molar-refractivity contribution in [3.05, 3.63) is 27.7 Å². The largest absolute Gasteiger partial charge is 0.573 e. The van der Waals surface area contributed by atoms with Crippen LogP contribution < -0.4 is 10.2 Å². The molecule has 1 aromatic rings. The molecule has 106 valence electrons. The Labute approximate surface area is 101 Å². The molecule has 1 rings (SSSR count). The lowest BCUT2D eigenvalue weighted by molar-refractivity contribution is -0.275. The van der Waals surface area contributed by atoms with Gasteiger partial charge in [-0.15, -0.1) is 13.2 Å². The molecule has 0 saturated carbocycles. The summed E-state index contributed by atoms with van der Waals surface area (Å²) in [4.78, 5) is 23.6. The van der Waals surface area contributed by atoms with Crippen molar-refractivity contribution in [1.82, 2.24) is 4.98 Å². The number of aromatic amines is 1. The molecule has 0 fully saturated rings. The fourth-order valence-electron chi connectivity index (χ4n) is 1.24. The first kappa shape index (κ1) is 14.9. The molecule has 0 unspecified atom stereocenters. The maximum Gasteiger partial charge on any atom is 0.573 e. The van der Waals surface area contributed by atoms with Crippen LogP contribution in [0.5, 0.6) is 5.75 Å². The standard InChI is InChI=1S/C9H6F5NO4/c10-8(11)5-7(19-9(12,13)14)6(18)3(2-15-5)1-4(16)17/h2,8H,1H2,(H,15,18)(H,16,17). The number of carbonyl (C=O) groups is 1. The number of H-pyrrole nitrogens is 1. The highest BCUT2D eigenvalue weighted by Crippen LogP contribution is 2.28. The van der Waals surface area contributed by atoms with Gasteiger partial charge in [0.15, 0.2) is 0 Å². The molecule has 0 saturated heterocycles. The van der Waals surface area contributed by atoms with Crippen LogP contribution in [-0.2, 0) is 11.2 Å². The Morgan fingerprint density at radius 3 is 2.42 bits per heavy atom. The van der Waals surface area contributed by atoms with E-state index in [2.05, 4.69) is 4.74 Å². The molecule has 1 heterocycles. The number of pyridine rings is 1. The summed E-state index contributed by atoms with van der Waals surface area (Å²) in [6, 6.07) is 0. The van der Waals surface area contributed by atoms with Crippen LogP contribution in [0.15, 0.2) is 11.0 Å². The maximum atomic E-state index is 12.4. The van der Waals surface area contributed by atoms with Crippen molar-refractivity contribution in [2.24, 2.45) is 0 Å². The monoisotopic (exact) mass is 287 g/mol. The van der Waals surface area contributed by atoms with Crippen LogP contribution >= 0.6 is 0 Å². The first-order valence-electron chi connectivity index (χ1n) is 4.62. The van der Waals surface area contributed by atoms with E-state index in [-0.39, 0.29) is 0 Å². The number of nitrogens with one attached hydrogen (secondary N) is 1. The van der Waals surface area contributed by atoms with E-state index in [1.165, 1.54) is 0 Å². The number of halogens is 5. The topological polar surface area (TPSA) is 79.4 Å². The third kappa shape index (κ3) is 3.93. The maximum absolute atomic E-state index is 12.4. The van der Waals surface area contributed by atoms with Gasteiger partial charge < -0.3 is 14.8 Å². The number of hydrogen-bond donors (Lipinski definition) is 2. The average molecular weight is 287 g/mol. The van der Waals surface area contributed by atoms with Crippen molar-refractivity contribution in [3.8, 4) is 5.75 Å². The molecule has 0 spiro atoms. The molecule has 19 heavy (non-hydrogen) atoms. The lowest BCUT2D eigenvalue weighted by Crippen LogP contribution is -2.26. The van der Waals surface area contributed by atoms with Gasteiger partial charge in [-0.1, -0.05) is 0 Å². The Bertz CT molecular complexity index is 536. The van der Waals surface area contributed by atoms with Crippen molar-refractivity contribution in [1.29, 1.82) is 0 Å².